The minimum atomic E-state index is 0.459. The highest BCUT2D eigenvalue weighted by Gasteiger charge is 2.21. The van der Waals surface area contributed by atoms with Crippen LogP contribution >= 0.6 is 0 Å². The Kier molecular flexibility index (Phi) is 4.99. The fourth-order valence-electron chi connectivity index (χ4n) is 2.40. The standard InChI is InChI=1S/C12H23NO/c1-3-10(2)8-11-4-6-12(7-5-11)13-9-14/h9-12H,3-8H2,1-2H3,(H,13,14). The summed E-state index contributed by atoms with van der Waals surface area (Å²) in [6.07, 6.45) is 8.49. The number of nitrogens with one attached hydrogen (secondary N) is 1. The van der Waals surface area contributed by atoms with Gasteiger partial charge in [0.15, 0.2) is 0 Å². The van der Waals surface area contributed by atoms with Crippen LogP contribution in [0.25, 0.3) is 0 Å². The fraction of sp³-hybridized carbons (Fsp3) is 0.917. The molecule has 0 heterocycles. The predicted molar refractivity (Wildman–Crippen MR) is 59.0 cm³/mol. The molecule has 1 atom stereocenters. The van der Waals surface area contributed by atoms with Crippen LogP contribution in [0.3, 0.4) is 0 Å². The van der Waals surface area contributed by atoms with E-state index in [1.54, 1.807) is 0 Å². The van der Waals surface area contributed by atoms with E-state index in [0.717, 1.165) is 18.2 Å². The molecular weight excluding hydrogens is 174 g/mol. The molecule has 1 rings (SSSR count). The van der Waals surface area contributed by atoms with Crippen LogP contribution in [0.5, 0.6) is 0 Å². The van der Waals surface area contributed by atoms with Crippen LogP contribution in [-0.4, -0.2) is 12.5 Å². The van der Waals surface area contributed by atoms with Gasteiger partial charge in [0.05, 0.1) is 0 Å². The lowest BCUT2D eigenvalue weighted by Gasteiger charge is -2.29. The van der Waals surface area contributed by atoms with E-state index in [1.807, 2.05) is 0 Å². The van der Waals surface area contributed by atoms with E-state index in [4.69, 9.17) is 0 Å². The first-order valence-electron chi connectivity index (χ1n) is 5.96. The van der Waals surface area contributed by atoms with Gasteiger partial charge in [-0.2, -0.15) is 0 Å². The van der Waals surface area contributed by atoms with Gasteiger partial charge in [0.25, 0.3) is 0 Å². The lowest BCUT2D eigenvalue weighted by molar-refractivity contribution is -0.110. The molecule has 1 fully saturated rings. The third-order valence-electron chi connectivity index (χ3n) is 3.58. The van der Waals surface area contributed by atoms with Gasteiger partial charge < -0.3 is 5.32 Å². The maximum absolute atomic E-state index is 10.3. The quantitative estimate of drug-likeness (QED) is 0.675. The molecule has 2 nitrogen and oxygen atoms in total. The number of carbonyl (C=O) groups is 1. The van der Waals surface area contributed by atoms with Gasteiger partial charge in [-0.15, -0.1) is 0 Å². The summed E-state index contributed by atoms with van der Waals surface area (Å²) in [6, 6.07) is 0.459. The van der Waals surface area contributed by atoms with Crippen molar-refractivity contribution in [2.75, 3.05) is 0 Å². The zero-order valence-electron chi connectivity index (χ0n) is 9.46. The monoisotopic (exact) mass is 197 g/mol. The van der Waals surface area contributed by atoms with Crippen molar-refractivity contribution in [2.24, 2.45) is 11.8 Å². The van der Waals surface area contributed by atoms with Crippen molar-refractivity contribution in [1.82, 2.24) is 5.32 Å². The molecule has 0 saturated heterocycles. The van der Waals surface area contributed by atoms with Crippen molar-refractivity contribution >= 4 is 6.41 Å². The van der Waals surface area contributed by atoms with Crippen molar-refractivity contribution in [3.05, 3.63) is 0 Å². The zero-order chi connectivity index (χ0) is 10.4. The van der Waals surface area contributed by atoms with Crippen LogP contribution in [0.15, 0.2) is 0 Å². The molecule has 1 N–H and O–H groups in total. The first-order chi connectivity index (χ1) is 6.76. The summed E-state index contributed by atoms with van der Waals surface area (Å²) in [5.74, 6) is 1.78. The third kappa shape index (κ3) is 3.69. The van der Waals surface area contributed by atoms with E-state index >= 15 is 0 Å². The first-order valence-corrected chi connectivity index (χ1v) is 5.96. The molecule has 1 amide bonds. The Morgan fingerprint density at radius 2 is 2.00 bits per heavy atom. The van der Waals surface area contributed by atoms with Crippen molar-refractivity contribution in [1.29, 1.82) is 0 Å². The lowest BCUT2D eigenvalue weighted by Crippen LogP contribution is -2.32. The Hall–Kier alpha value is -0.530. The molecule has 1 aliphatic rings. The summed E-state index contributed by atoms with van der Waals surface area (Å²) >= 11 is 0. The van der Waals surface area contributed by atoms with Crippen LogP contribution in [0.4, 0.5) is 0 Å². The number of hydrogen-bond acceptors (Lipinski definition) is 1. The number of amides is 1. The van der Waals surface area contributed by atoms with E-state index in [1.165, 1.54) is 38.5 Å². The van der Waals surface area contributed by atoms with Gasteiger partial charge in [-0.05, 0) is 43.9 Å². The molecule has 0 bridgehead atoms. The van der Waals surface area contributed by atoms with E-state index in [-0.39, 0.29) is 0 Å². The predicted octanol–water partition coefficient (Wildman–Crippen LogP) is 2.73. The average Bonchev–Trinajstić information content (AvgIpc) is 2.21. The summed E-state index contributed by atoms with van der Waals surface area (Å²) < 4.78 is 0. The maximum atomic E-state index is 10.3. The Morgan fingerprint density at radius 3 is 2.50 bits per heavy atom. The molecule has 0 radical (unpaired) electrons. The van der Waals surface area contributed by atoms with E-state index in [9.17, 15) is 4.79 Å². The molecular formula is C12H23NO. The molecule has 1 aliphatic carbocycles. The normalized spacial score (nSPS) is 29.6. The minimum absolute atomic E-state index is 0.459. The van der Waals surface area contributed by atoms with Crippen LogP contribution in [0.1, 0.15) is 52.4 Å². The molecule has 0 aromatic carbocycles. The van der Waals surface area contributed by atoms with Crippen LogP contribution in [-0.2, 0) is 4.79 Å². The Morgan fingerprint density at radius 1 is 1.36 bits per heavy atom. The topological polar surface area (TPSA) is 29.1 Å². The molecule has 0 spiro atoms. The summed E-state index contributed by atoms with van der Waals surface area (Å²) in [7, 11) is 0. The smallest absolute Gasteiger partial charge is 0.207 e. The van der Waals surface area contributed by atoms with Crippen molar-refractivity contribution in [3.8, 4) is 0 Å². The SMILES string of the molecule is CCC(C)CC1CCC(NC=O)CC1. The second kappa shape index (κ2) is 6.05. The highest BCUT2D eigenvalue weighted by Crippen LogP contribution is 2.29. The zero-order valence-corrected chi connectivity index (χ0v) is 9.46. The minimum Gasteiger partial charge on any atom is -0.356 e. The highest BCUT2D eigenvalue weighted by atomic mass is 16.1. The van der Waals surface area contributed by atoms with Crippen LogP contribution in [0, 0.1) is 11.8 Å². The van der Waals surface area contributed by atoms with Gasteiger partial charge in [-0.25, -0.2) is 0 Å². The fourth-order valence-corrected chi connectivity index (χ4v) is 2.40. The first kappa shape index (κ1) is 11.5. The van der Waals surface area contributed by atoms with Crippen LogP contribution in [0.2, 0.25) is 0 Å². The molecule has 2 heteroatoms. The van der Waals surface area contributed by atoms with E-state index < -0.39 is 0 Å². The molecule has 1 unspecified atom stereocenters. The summed E-state index contributed by atoms with van der Waals surface area (Å²) in [5.41, 5.74) is 0. The Bertz CT molecular complexity index is 162. The third-order valence-corrected chi connectivity index (χ3v) is 3.58. The molecule has 1 saturated carbocycles. The van der Waals surface area contributed by atoms with Gasteiger partial charge in [-0.1, -0.05) is 20.3 Å². The van der Waals surface area contributed by atoms with Gasteiger partial charge in [-0.3, -0.25) is 4.79 Å². The second-order valence-electron chi connectivity index (χ2n) is 4.75. The van der Waals surface area contributed by atoms with E-state index in [2.05, 4.69) is 19.2 Å². The van der Waals surface area contributed by atoms with E-state index in [0.29, 0.717) is 6.04 Å². The second-order valence-corrected chi connectivity index (χ2v) is 4.75. The van der Waals surface area contributed by atoms with Gasteiger partial charge in [0.2, 0.25) is 6.41 Å². The Labute approximate surface area is 87.5 Å². The number of carbonyl (C=O) groups excluding carboxylic acids is 1. The molecule has 82 valence electrons. The van der Waals surface area contributed by atoms with Crippen molar-refractivity contribution in [2.45, 2.75) is 58.4 Å². The molecule has 14 heavy (non-hydrogen) atoms. The van der Waals surface area contributed by atoms with Gasteiger partial charge in [0.1, 0.15) is 0 Å². The number of rotatable bonds is 5. The summed E-state index contributed by atoms with van der Waals surface area (Å²) in [6.45, 7) is 4.61. The molecule has 0 aromatic heterocycles. The maximum Gasteiger partial charge on any atom is 0.207 e. The number of hydrogen-bond donors (Lipinski definition) is 1. The van der Waals surface area contributed by atoms with Gasteiger partial charge >= 0.3 is 0 Å². The Balaban J connectivity index is 2.18. The highest BCUT2D eigenvalue weighted by molar-refractivity contribution is 5.46. The van der Waals surface area contributed by atoms with Crippen molar-refractivity contribution in [3.63, 3.8) is 0 Å². The lowest BCUT2D eigenvalue weighted by atomic mass is 9.80. The largest absolute Gasteiger partial charge is 0.356 e. The average molecular weight is 197 g/mol. The van der Waals surface area contributed by atoms with Crippen LogP contribution < -0.4 is 5.32 Å². The van der Waals surface area contributed by atoms with Gasteiger partial charge in [0, 0.05) is 6.04 Å². The summed E-state index contributed by atoms with van der Waals surface area (Å²) in [4.78, 5) is 10.3. The summed E-state index contributed by atoms with van der Waals surface area (Å²) in [5, 5.41) is 2.89. The van der Waals surface area contributed by atoms with Crippen molar-refractivity contribution < 1.29 is 4.79 Å². The molecule has 0 aromatic rings. The molecule has 0 aliphatic heterocycles.